The third-order valence-corrected chi connectivity index (χ3v) is 5.90. The molecule has 0 amide bonds. The molecule has 3 nitrogen and oxygen atoms in total. The first-order valence-electron chi connectivity index (χ1n) is 12.0. The summed E-state index contributed by atoms with van der Waals surface area (Å²) in [6.07, 6.45) is 20.1. The summed E-state index contributed by atoms with van der Waals surface area (Å²) in [5.41, 5.74) is 3.85. The van der Waals surface area contributed by atoms with E-state index < -0.39 is 0 Å². The standard InChI is InChI=1S/C28H38N2O.2BrH/c31-24-12-7-5-3-1-2-4-6-11-19-29-20-15-27(16-21-29)28-17-22-30(23-18-28)25-26-13-9-8-10-14-26;;/h8-10,13-18,20-23,31H,1-7,11-12,19,24-25H2;2*1H/q+2;;/p-2. The quantitative estimate of drug-likeness (QED) is 0.203. The van der Waals surface area contributed by atoms with E-state index in [0.717, 1.165) is 19.5 Å². The lowest BCUT2D eigenvalue weighted by molar-refractivity contribution is -0.697. The van der Waals surface area contributed by atoms with Gasteiger partial charge in [-0.05, 0) is 24.0 Å². The van der Waals surface area contributed by atoms with Crippen molar-refractivity contribution in [2.45, 2.75) is 70.9 Å². The van der Waals surface area contributed by atoms with Crippen LogP contribution >= 0.6 is 0 Å². The number of rotatable bonds is 14. The van der Waals surface area contributed by atoms with Gasteiger partial charge in [-0.2, -0.15) is 0 Å². The monoisotopic (exact) mass is 576 g/mol. The maximum Gasteiger partial charge on any atom is 0.173 e. The molecule has 0 saturated heterocycles. The fourth-order valence-corrected chi connectivity index (χ4v) is 3.99. The second kappa shape index (κ2) is 17.9. The number of nitrogens with zero attached hydrogens (tertiary/aromatic N) is 2. The number of benzene rings is 1. The van der Waals surface area contributed by atoms with Gasteiger partial charge in [0.25, 0.3) is 0 Å². The molecule has 0 saturated carbocycles. The van der Waals surface area contributed by atoms with Crippen molar-refractivity contribution >= 4 is 0 Å². The number of aliphatic hydroxyl groups is 1. The molecule has 0 aliphatic carbocycles. The van der Waals surface area contributed by atoms with Crippen LogP contribution in [0.25, 0.3) is 11.1 Å². The van der Waals surface area contributed by atoms with E-state index in [1.807, 2.05) is 0 Å². The van der Waals surface area contributed by atoms with Crippen molar-refractivity contribution in [2.75, 3.05) is 6.61 Å². The number of hydrogen-bond acceptors (Lipinski definition) is 1. The van der Waals surface area contributed by atoms with E-state index >= 15 is 0 Å². The molecule has 3 rings (SSSR count). The number of aromatic nitrogens is 2. The van der Waals surface area contributed by atoms with Crippen LogP contribution in [-0.4, -0.2) is 11.7 Å². The third-order valence-electron chi connectivity index (χ3n) is 5.90. The molecule has 2 heterocycles. The lowest BCUT2D eigenvalue weighted by Gasteiger charge is -2.03. The van der Waals surface area contributed by atoms with E-state index in [1.54, 1.807) is 0 Å². The highest BCUT2D eigenvalue weighted by atomic mass is 79.9. The minimum Gasteiger partial charge on any atom is -1.00 e. The number of aryl methyl sites for hydroxylation is 1. The van der Waals surface area contributed by atoms with Crippen LogP contribution in [0.4, 0.5) is 0 Å². The van der Waals surface area contributed by atoms with Crippen molar-refractivity contribution in [2.24, 2.45) is 0 Å². The van der Waals surface area contributed by atoms with Crippen molar-refractivity contribution in [1.29, 1.82) is 0 Å². The van der Waals surface area contributed by atoms with Gasteiger partial charge in [0, 0.05) is 42.9 Å². The van der Waals surface area contributed by atoms with Crippen molar-refractivity contribution in [3.63, 3.8) is 0 Å². The van der Waals surface area contributed by atoms with Gasteiger partial charge in [0.05, 0.1) is 0 Å². The molecule has 0 aliphatic rings. The summed E-state index contributed by atoms with van der Waals surface area (Å²) in [4.78, 5) is 0. The minimum absolute atomic E-state index is 0. The average Bonchev–Trinajstić information content (AvgIpc) is 2.82. The Morgan fingerprint density at radius 2 is 0.970 bits per heavy atom. The second-order valence-corrected chi connectivity index (χ2v) is 8.47. The zero-order chi connectivity index (χ0) is 21.6. The van der Waals surface area contributed by atoms with E-state index in [1.165, 1.54) is 68.1 Å². The molecule has 2 aromatic heterocycles. The Morgan fingerprint density at radius 1 is 0.515 bits per heavy atom. The van der Waals surface area contributed by atoms with Gasteiger partial charge in [0.2, 0.25) is 0 Å². The Labute approximate surface area is 221 Å². The van der Waals surface area contributed by atoms with Crippen LogP contribution in [0.1, 0.15) is 63.4 Å². The average molecular weight is 578 g/mol. The Morgan fingerprint density at radius 3 is 1.48 bits per heavy atom. The van der Waals surface area contributed by atoms with Crippen LogP contribution in [0.5, 0.6) is 0 Å². The maximum atomic E-state index is 8.79. The van der Waals surface area contributed by atoms with Gasteiger partial charge in [0.15, 0.2) is 31.3 Å². The molecular weight excluding hydrogens is 540 g/mol. The number of halogens is 2. The number of aliphatic hydroxyl groups excluding tert-OH is 1. The van der Waals surface area contributed by atoms with Crippen LogP contribution in [0, 0.1) is 0 Å². The van der Waals surface area contributed by atoms with Gasteiger partial charge < -0.3 is 39.1 Å². The number of pyridine rings is 2. The summed E-state index contributed by atoms with van der Waals surface area (Å²) in [5.74, 6) is 0. The Hall–Kier alpha value is -1.56. The fourth-order valence-electron chi connectivity index (χ4n) is 3.99. The molecule has 180 valence electrons. The van der Waals surface area contributed by atoms with E-state index in [-0.39, 0.29) is 34.0 Å². The molecule has 0 aliphatic heterocycles. The summed E-state index contributed by atoms with van der Waals surface area (Å²) in [6.45, 7) is 2.35. The predicted octanol–water partition coefficient (Wildman–Crippen LogP) is -0.512. The molecule has 0 atom stereocenters. The lowest BCUT2D eigenvalue weighted by atomic mass is 10.1. The minimum atomic E-state index is 0. The predicted molar refractivity (Wildman–Crippen MR) is 126 cm³/mol. The van der Waals surface area contributed by atoms with Crippen LogP contribution in [0.3, 0.4) is 0 Å². The molecular formula is C28H38Br2N2O. The van der Waals surface area contributed by atoms with Crippen molar-refractivity contribution in [1.82, 2.24) is 0 Å². The van der Waals surface area contributed by atoms with Crippen LogP contribution in [0.2, 0.25) is 0 Å². The Kier molecular flexibility index (Phi) is 15.9. The van der Waals surface area contributed by atoms with Gasteiger partial charge in [-0.25, -0.2) is 9.13 Å². The van der Waals surface area contributed by atoms with Crippen molar-refractivity contribution in [3.8, 4) is 11.1 Å². The summed E-state index contributed by atoms with van der Waals surface area (Å²) < 4.78 is 4.52. The lowest BCUT2D eigenvalue weighted by Crippen LogP contribution is -3.00. The highest BCUT2D eigenvalue weighted by molar-refractivity contribution is 5.60. The number of unbranched alkanes of at least 4 members (excludes halogenated alkanes) is 8. The normalized spacial score (nSPS) is 10.3. The first-order valence-corrected chi connectivity index (χ1v) is 12.0. The molecule has 0 radical (unpaired) electrons. The van der Waals surface area contributed by atoms with Crippen LogP contribution < -0.4 is 43.1 Å². The van der Waals surface area contributed by atoms with Crippen molar-refractivity contribution in [3.05, 3.63) is 84.9 Å². The summed E-state index contributed by atoms with van der Waals surface area (Å²) in [7, 11) is 0. The summed E-state index contributed by atoms with van der Waals surface area (Å²) in [6, 6.07) is 19.4. The molecule has 33 heavy (non-hydrogen) atoms. The Bertz CT molecular complexity index is 855. The third kappa shape index (κ3) is 11.4. The first-order chi connectivity index (χ1) is 15.3. The highest BCUT2D eigenvalue weighted by Gasteiger charge is 2.06. The van der Waals surface area contributed by atoms with E-state index in [2.05, 4.69) is 88.5 Å². The van der Waals surface area contributed by atoms with Crippen LogP contribution in [0.15, 0.2) is 79.4 Å². The van der Waals surface area contributed by atoms with Gasteiger partial charge in [-0.3, -0.25) is 0 Å². The topological polar surface area (TPSA) is 28.0 Å². The van der Waals surface area contributed by atoms with E-state index in [0.29, 0.717) is 6.61 Å². The number of hydrogen-bond donors (Lipinski definition) is 1. The van der Waals surface area contributed by atoms with Gasteiger partial charge in [-0.1, -0.05) is 68.9 Å². The molecule has 0 fully saturated rings. The molecule has 5 heteroatoms. The molecule has 3 aromatic rings. The summed E-state index contributed by atoms with van der Waals surface area (Å²) >= 11 is 0. The SMILES string of the molecule is OCCCCCCCCCCC[n+]1ccc(-c2cc[n+](Cc3ccccc3)cc2)cc1.[Br-].[Br-]. The first kappa shape index (κ1) is 29.5. The van der Waals surface area contributed by atoms with Crippen molar-refractivity contribution < 1.29 is 48.2 Å². The zero-order valence-corrected chi connectivity index (χ0v) is 22.8. The smallest absolute Gasteiger partial charge is 0.173 e. The Balaban J connectivity index is 0.00000272. The van der Waals surface area contributed by atoms with Gasteiger partial charge in [0.1, 0.15) is 6.54 Å². The molecule has 0 bridgehead atoms. The molecule has 0 spiro atoms. The van der Waals surface area contributed by atoms with E-state index in [4.69, 9.17) is 5.11 Å². The zero-order valence-electron chi connectivity index (χ0n) is 19.6. The largest absolute Gasteiger partial charge is 1.00 e. The molecule has 0 unspecified atom stereocenters. The van der Waals surface area contributed by atoms with Crippen LogP contribution in [-0.2, 0) is 13.1 Å². The van der Waals surface area contributed by atoms with Gasteiger partial charge >= 0.3 is 0 Å². The maximum absolute atomic E-state index is 8.79. The fraction of sp³-hybridized carbons (Fsp3) is 0.429. The van der Waals surface area contributed by atoms with Gasteiger partial charge in [-0.15, -0.1) is 0 Å². The highest BCUT2D eigenvalue weighted by Crippen LogP contribution is 2.16. The molecule has 1 aromatic carbocycles. The second-order valence-electron chi connectivity index (χ2n) is 8.47. The summed E-state index contributed by atoms with van der Waals surface area (Å²) in [5, 5.41) is 8.79. The van der Waals surface area contributed by atoms with E-state index in [9.17, 15) is 0 Å². The molecule has 1 N–H and O–H groups in total.